The summed E-state index contributed by atoms with van der Waals surface area (Å²) in [5.74, 6) is 1.74. The molecule has 2 rings (SSSR count). The molecule has 0 amide bonds. The van der Waals surface area contributed by atoms with Crippen LogP contribution in [0.15, 0.2) is 24.3 Å². The molecular weight excluding hydrogens is 230 g/mol. The predicted octanol–water partition coefficient (Wildman–Crippen LogP) is 4.33. The molecule has 1 saturated carbocycles. The van der Waals surface area contributed by atoms with Crippen LogP contribution in [0.5, 0.6) is 0 Å². The third-order valence-corrected chi connectivity index (χ3v) is 5.29. The summed E-state index contributed by atoms with van der Waals surface area (Å²) in [5, 5.41) is 0. The van der Waals surface area contributed by atoms with Crippen LogP contribution in [0.2, 0.25) is 0 Å². The van der Waals surface area contributed by atoms with Gasteiger partial charge in [-0.25, -0.2) is 0 Å². The van der Waals surface area contributed by atoms with Gasteiger partial charge in [-0.3, -0.25) is 0 Å². The van der Waals surface area contributed by atoms with Crippen molar-refractivity contribution in [3.63, 3.8) is 0 Å². The predicted molar refractivity (Wildman–Crippen MR) is 83.2 cm³/mol. The molecule has 0 aliphatic heterocycles. The van der Waals surface area contributed by atoms with Gasteiger partial charge >= 0.3 is 0 Å². The van der Waals surface area contributed by atoms with Crippen molar-refractivity contribution < 1.29 is 0 Å². The maximum absolute atomic E-state index is 6.16. The minimum atomic E-state index is 0.359. The van der Waals surface area contributed by atoms with Crippen molar-refractivity contribution in [3.8, 4) is 0 Å². The van der Waals surface area contributed by atoms with Crippen LogP contribution in [0.3, 0.4) is 0 Å². The van der Waals surface area contributed by atoms with E-state index < -0.39 is 0 Å². The lowest BCUT2D eigenvalue weighted by atomic mass is 9.65. The van der Waals surface area contributed by atoms with Crippen LogP contribution in [0.1, 0.15) is 50.7 Å². The number of rotatable bonds is 4. The van der Waals surface area contributed by atoms with Crippen molar-refractivity contribution in [2.24, 2.45) is 23.0 Å². The second kappa shape index (κ2) is 6.09. The van der Waals surface area contributed by atoms with E-state index in [2.05, 4.69) is 45.0 Å². The Morgan fingerprint density at radius 2 is 1.84 bits per heavy atom. The molecule has 0 spiro atoms. The van der Waals surface area contributed by atoms with E-state index in [1.165, 1.54) is 43.2 Å². The standard InChI is InChI=1S/C18H29N/c1-14(2)16-8-10-18(13-19,11-9-16)12-17-7-5-4-6-15(17)3/h4-7,14,16H,8-13,19H2,1-3H3. The Bertz CT molecular complexity index is 400. The molecule has 0 saturated heterocycles. The van der Waals surface area contributed by atoms with Crippen molar-refractivity contribution in [2.75, 3.05) is 6.54 Å². The van der Waals surface area contributed by atoms with Gasteiger partial charge in [-0.15, -0.1) is 0 Å². The van der Waals surface area contributed by atoms with E-state index in [9.17, 15) is 0 Å². The molecule has 1 fully saturated rings. The summed E-state index contributed by atoms with van der Waals surface area (Å²) in [5.41, 5.74) is 9.43. The monoisotopic (exact) mass is 259 g/mol. The maximum Gasteiger partial charge on any atom is -0.00173 e. The Morgan fingerprint density at radius 3 is 2.37 bits per heavy atom. The number of hydrogen-bond acceptors (Lipinski definition) is 1. The SMILES string of the molecule is Cc1ccccc1CC1(CN)CCC(C(C)C)CC1. The summed E-state index contributed by atoms with van der Waals surface area (Å²) in [6, 6.07) is 8.79. The summed E-state index contributed by atoms with van der Waals surface area (Å²) in [7, 11) is 0. The molecule has 1 aliphatic carbocycles. The van der Waals surface area contributed by atoms with Crippen LogP contribution in [-0.2, 0) is 6.42 Å². The lowest BCUT2D eigenvalue weighted by Gasteiger charge is -2.41. The van der Waals surface area contributed by atoms with E-state index in [4.69, 9.17) is 5.73 Å². The first-order valence-corrected chi connectivity index (χ1v) is 7.81. The van der Waals surface area contributed by atoms with E-state index in [1.807, 2.05) is 0 Å². The molecule has 0 aromatic heterocycles. The highest BCUT2D eigenvalue weighted by molar-refractivity contribution is 5.27. The molecule has 106 valence electrons. The van der Waals surface area contributed by atoms with Crippen molar-refractivity contribution in [3.05, 3.63) is 35.4 Å². The van der Waals surface area contributed by atoms with Crippen LogP contribution in [0.4, 0.5) is 0 Å². The van der Waals surface area contributed by atoms with Crippen LogP contribution in [0, 0.1) is 24.2 Å². The lowest BCUT2D eigenvalue weighted by Crippen LogP contribution is -2.37. The normalized spacial score (nSPS) is 27.7. The lowest BCUT2D eigenvalue weighted by molar-refractivity contribution is 0.132. The fourth-order valence-corrected chi connectivity index (χ4v) is 3.58. The fraction of sp³-hybridized carbons (Fsp3) is 0.667. The fourth-order valence-electron chi connectivity index (χ4n) is 3.58. The van der Waals surface area contributed by atoms with Gasteiger partial charge in [0, 0.05) is 0 Å². The van der Waals surface area contributed by atoms with E-state index in [0.717, 1.165) is 18.4 Å². The summed E-state index contributed by atoms with van der Waals surface area (Å²) >= 11 is 0. The van der Waals surface area contributed by atoms with Crippen LogP contribution in [-0.4, -0.2) is 6.54 Å². The Labute approximate surface area is 118 Å². The Kier molecular flexibility index (Phi) is 4.67. The molecule has 1 nitrogen and oxygen atoms in total. The Morgan fingerprint density at radius 1 is 1.21 bits per heavy atom. The van der Waals surface area contributed by atoms with Gasteiger partial charge in [0.15, 0.2) is 0 Å². The van der Waals surface area contributed by atoms with Crippen LogP contribution < -0.4 is 5.73 Å². The summed E-state index contributed by atoms with van der Waals surface area (Å²) in [6.45, 7) is 7.79. The van der Waals surface area contributed by atoms with Crippen molar-refractivity contribution in [2.45, 2.75) is 52.9 Å². The zero-order valence-corrected chi connectivity index (χ0v) is 12.8. The van der Waals surface area contributed by atoms with Crippen LogP contribution >= 0.6 is 0 Å². The van der Waals surface area contributed by atoms with Gasteiger partial charge in [0.25, 0.3) is 0 Å². The molecule has 0 heterocycles. The molecular formula is C18H29N. The molecule has 1 heteroatoms. The van der Waals surface area contributed by atoms with Crippen molar-refractivity contribution in [1.29, 1.82) is 0 Å². The number of benzene rings is 1. The average molecular weight is 259 g/mol. The zero-order valence-electron chi connectivity index (χ0n) is 12.8. The molecule has 19 heavy (non-hydrogen) atoms. The second-order valence-electron chi connectivity index (χ2n) is 6.89. The van der Waals surface area contributed by atoms with Crippen molar-refractivity contribution in [1.82, 2.24) is 0 Å². The first kappa shape index (κ1) is 14.6. The highest BCUT2D eigenvalue weighted by atomic mass is 14.6. The number of nitrogens with two attached hydrogens (primary N) is 1. The van der Waals surface area contributed by atoms with Gasteiger partial charge in [0.05, 0.1) is 0 Å². The molecule has 2 N–H and O–H groups in total. The average Bonchev–Trinajstić information content (AvgIpc) is 2.42. The van der Waals surface area contributed by atoms with E-state index in [0.29, 0.717) is 5.41 Å². The summed E-state index contributed by atoms with van der Waals surface area (Å²) in [4.78, 5) is 0. The molecule has 0 bridgehead atoms. The largest absolute Gasteiger partial charge is 0.330 e. The zero-order chi connectivity index (χ0) is 13.9. The van der Waals surface area contributed by atoms with Gasteiger partial charge in [-0.05, 0) is 74.0 Å². The molecule has 1 aliphatic rings. The van der Waals surface area contributed by atoms with Crippen molar-refractivity contribution >= 4 is 0 Å². The highest BCUT2D eigenvalue weighted by Crippen LogP contribution is 2.43. The summed E-state index contributed by atoms with van der Waals surface area (Å²) in [6.07, 6.45) is 6.50. The van der Waals surface area contributed by atoms with Gasteiger partial charge in [0.1, 0.15) is 0 Å². The van der Waals surface area contributed by atoms with E-state index in [-0.39, 0.29) is 0 Å². The third kappa shape index (κ3) is 3.39. The molecule has 0 unspecified atom stereocenters. The van der Waals surface area contributed by atoms with Gasteiger partial charge in [-0.2, -0.15) is 0 Å². The quantitative estimate of drug-likeness (QED) is 0.855. The molecule has 1 aromatic carbocycles. The van der Waals surface area contributed by atoms with Gasteiger partial charge < -0.3 is 5.73 Å². The minimum absolute atomic E-state index is 0.359. The molecule has 0 atom stereocenters. The van der Waals surface area contributed by atoms with Gasteiger partial charge in [0.2, 0.25) is 0 Å². The summed E-state index contributed by atoms with van der Waals surface area (Å²) < 4.78 is 0. The topological polar surface area (TPSA) is 26.0 Å². The minimum Gasteiger partial charge on any atom is -0.330 e. The number of aryl methyl sites for hydroxylation is 1. The first-order chi connectivity index (χ1) is 9.06. The van der Waals surface area contributed by atoms with E-state index in [1.54, 1.807) is 0 Å². The molecule has 0 radical (unpaired) electrons. The van der Waals surface area contributed by atoms with E-state index >= 15 is 0 Å². The molecule has 1 aromatic rings. The van der Waals surface area contributed by atoms with Gasteiger partial charge in [-0.1, -0.05) is 38.1 Å². The maximum atomic E-state index is 6.16. The second-order valence-corrected chi connectivity index (χ2v) is 6.89. The first-order valence-electron chi connectivity index (χ1n) is 7.81. The highest BCUT2D eigenvalue weighted by Gasteiger charge is 2.35. The van der Waals surface area contributed by atoms with Crippen LogP contribution in [0.25, 0.3) is 0 Å². The smallest absolute Gasteiger partial charge is 0.00173 e. The Balaban J connectivity index is 2.07. The third-order valence-electron chi connectivity index (χ3n) is 5.29. The number of hydrogen-bond donors (Lipinski definition) is 1. The Hall–Kier alpha value is -0.820.